The molecule has 25 heavy (non-hydrogen) atoms. The van der Waals surface area contributed by atoms with Crippen molar-refractivity contribution in [2.24, 2.45) is 0 Å². The summed E-state index contributed by atoms with van der Waals surface area (Å²) in [5.74, 6) is 0. The third kappa shape index (κ3) is 2.55. The smallest absolute Gasteiger partial charge is 0.306 e. The Morgan fingerprint density at radius 3 is 2.20 bits per heavy atom. The van der Waals surface area contributed by atoms with Gasteiger partial charge >= 0.3 is 6.18 Å². The van der Waals surface area contributed by atoms with E-state index in [9.17, 15) is 18.0 Å². The maximum absolute atomic E-state index is 13.3. The number of nitrogens with one attached hydrogen (secondary N) is 1. The number of H-pyrrole nitrogens is 1. The maximum atomic E-state index is 13.3. The Labute approximate surface area is 139 Å². The fourth-order valence-electron chi connectivity index (χ4n) is 2.97. The molecule has 0 aliphatic rings. The molecule has 3 nitrogen and oxygen atoms in total. The van der Waals surface area contributed by atoms with E-state index in [4.69, 9.17) is 0 Å². The van der Waals surface area contributed by atoms with E-state index in [1.54, 1.807) is 54.6 Å². The number of hydrogen-bond donors (Lipinski definition) is 1. The molecule has 0 radical (unpaired) electrons. The zero-order valence-electron chi connectivity index (χ0n) is 12.8. The molecule has 2 aromatic carbocycles. The second-order valence-corrected chi connectivity index (χ2v) is 5.64. The average Bonchev–Trinajstić information content (AvgIpc) is 2.61. The number of benzene rings is 2. The van der Waals surface area contributed by atoms with Crippen LogP contribution in [-0.2, 0) is 6.18 Å². The predicted molar refractivity (Wildman–Crippen MR) is 90.3 cm³/mol. The fourth-order valence-corrected chi connectivity index (χ4v) is 2.97. The lowest BCUT2D eigenvalue weighted by molar-refractivity contribution is -0.140. The number of alkyl halides is 3. The monoisotopic (exact) mass is 340 g/mol. The SMILES string of the molecule is O=c1[nH]c2nc(C(F)(F)F)cc(-c3ccccc3)c2c2ccccc12. The minimum absolute atomic E-state index is 0.0719. The van der Waals surface area contributed by atoms with Crippen LogP contribution in [-0.4, -0.2) is 9.97 Å². The Kier molecular flexibility index (Phi) is 3.35. The summed E-state index contributed by atoms with van der Waals surface area (Å²) in [6.45, 7) is 0. The molecule has 0 fully saturated rings. The van der Waals surface area contributed by atoms with E-state index in [0.717, 1.165) is 6.07 Å². The molecule has 0 amide bonds. The van der Waals surface area contributed by atoms with Gasteiger partial charge in [0.1, 0.15) is 11.3 Å². The van der Waals surface area contributed by atoms with Crippen molar-refractivity contribution in [3.05, 3.63) is 76.7 Å². The van der Waals surface area contributed by atoms with Gasteiger partial charge in [0.25, 0.3) is 5.56 Å². The van der Waals surface area contributed by atoms with Gasteiger partial charge in [-0.25, -0.2) is 4.98 Å². The second-order valence-electron chi connectivity index (χ2n) is 5.64. The van der Waals surface area contributed by atoms with Crippen LogP contribution in [0.15, 0.2) is 65.5 Å². The number of nitrogens with zero attached hydrogens (tertiary/aromatic N) is 1. The van der Waals surface area contributed by atoms with E-state index in [0.29, 0.717) is 27.3 Å². The molecule has 0 spiro atoms. The standard InChI is InChI=1S/C19H11F3N2O/c20-19(21,22)15-10-14(11-6-2-1-3-7-11)16-12-8-4-5-9-13(12)18(25)24-17(16)23-15/h1-10H,(H,23,24,25). The van der Waals surface area contributed by atoms with Gasteiger partial charge in [-0.1, -0.05) is 48.5 Å². The van der Waals surface area contributed by atoms with Crippen molar-refractivity contribution in [3.8, 4) is 11.1 Å². The summed E-state index contributed by atoms with van der Waals surface area (Å²) in [6, 6.07) is 16.6. The Hall–Kier alpha value is -3.15. The summed E-state index contributed by atoms with van der Waals surface area (Å²) in [5, 5.41) is 1.48. The van der Waals surface area contributed by atoms with Crippen molar-refractivity contribution >= 4 is 21.8 Å². The normalized spacial score (nSPS) is 12.0. The highest BCUT2D eigenvalue weighted by Crippen LogP contribution is 2.36. The van der Waals surface area contributed by atoms with Crippen LogP contribution >= 0.6 is 0 Å². The van der Waals surface area contributed by atoms with E-state index >= 15 is 0 Å². The highest BCUT2D eigenvalue weighted by atomic mass is 19.4. The molecule has 0 bridgehead atoms. The van der Waals surface area contributed by atoms with Crippen LogP contribution in [0.2, 0.25) is 0 Å². The van der Waals surface area contributed by atoms with Crippen LogP contribution in [0.3, 0.4) is 0 Å². The van der Waals surface area contributed by atoms with Crippen LogP contribution < -0.4 is 5.56 Å². The first-order valence-corrected chi connectivity index (χ1v) is 7.53. The van der Waals surface area contributed by atoms with Crippen molar-refractivity contribution in [3.63, 3.8) is 0 Å². The van der Waals surface area contributed by atoms with Crippen molar-refractivity contribution in [1.82, 2.24) is 9.97 Å². The predicted octanol–water partition coefficient (Wildman–Crippen LogP) is 4.76. The lowest BCUT2D eigenvalue weighted by atomic mass is 9.98. The lowest BCUT2D eigenvalue weighted by Crippen LogP contribution is -2.12. The molecular weight excluding hydrogens is 329 g/mol. The van der Waals surface area contributed by atoms with Crippen LogP contribution in [0.1, 0.15) is 5.69 Å². The number of rotatable bonds is 1. The van der Waals surface area contributed by atoms with E-state index in [2.05, 4.69) is 9.97 Å². The number of aromatic nitrogens is 2. The molecular formula is C19H11F3N2O. The third-order valence-electron chi connectivity index (χ3n) is 4.07. The van der Waals surface area contributed by atoms with Crippen molar-refractivity contribution < 1.29 is 13.2 Å². The van der Waals surface area contributed by atoms with Gasteiger partial charge in [0.05, 0.1) is 0 Å². The summed E-state index contributed by atoms with van der Waals surface area (Å²) < 4.78 is 39.8. The fraction of sp³-hybridized carbons (Fsp3) is 0.0526. The highest BCUT2D eigenvalue weighted by Gasteiger charge is 2.34. The van der Waals surface area contributed by atoms with Gasteiger partial charge in [-0.3, -0.25) is 4.79 Å². The van der Waals surface area contributed by atoms with Gasteiger partial charge in [0, 0.05) is 10.8 Å². The van der Waals surface area contributed by atoms with Gasteiger partial charge in [-0.15, -0.1) is 0 Å². The molecule has 0 aliphatic carbocycles. The minimum atomic E-state index is -4.61. The lowest BCUT2D eigenvalue weighted by Gasteiger charge is -2.13. The van der Waals surface area contributed by atoms with Gasteiger partial charge < -0.3 is 4.98 Å². The van der Waals surface area contributed by atoms with Crippen LogP contribution in [0, 0.1) is 0 Å². The van der Waals surface area contributed by atoms with Crippen molar-refractivity contribution in [1.29, 1.82) is 0 Å². The Morgan fingerprint density at radius 2 is 1.52 bits per heavy atom. The maximum Gasteiger partial charge on any atom is 0.433 e. The topological polar surface area (TPSA) is 45.8 Å². The molecule has 0 unspecified atom stereocenters. The zero-order valence-corrected chi connectivity index (χ0v) is 12.8. The molecule has 0 aliphatic heterocycles. The zero-order chi connectivity index (χ0) is 17.6. The van der Waals surface area contributed by atoms with Gasteiger partial charge in [-0.2, -0.15) is 13.2 Å². The second kappa shape index (κ2) is 5.44. The summed E-state index contributed by atoms with van der Waals surface area (Å²) in [5.41, 5.74) is -0.570. The molecule has 1 N–H and O–H groups in total. The Bertz CT molecular complexity index is 1150. The molecule has 0 saturated carbocycles. The Morgan fingerprint density at radius 1 is 0.880 bits per heavy atom. The first-order valence-electron chi connectivity index (χ1n) is 7.53. The Balaban J connectivity index is 2.23. The summed E-state index contributed by atoms with van der Waals surface area (Å²) >= 11 is 0. The summed E-state index contributed by atoms with van der Waals surface area (Å²) in [4.78, 5) is 18.4. The van der Waals surface area contributed by atoms with Gasteiger partial charge in [-0.05, 0) is 28.6 Å². The number of pyridine rings is 2. The number of fused-ring (bicyclic) bond motifs is 3. The quantitative estimate of drug-likeness (QED) is 0.508. The highest BCUT2D eigenvalue weighted by molar-refractivity contribution is 6.11. The molecule has 2 heterocycles. The van der Waals surface area contributed by atoms with Crippen LogP contribution in [0.5, 0.6) is 0 Å². The third-order valence-corrected chi connectivity index (χ3v) is 4.07. The van der Waals surface area contributed by atoms with E-state index in [1.807, 2.05) is 0 Å². The first kappa shape index (κ1) is 15.4. The summed E-state index contributed by atoms with van der Waals surface area (Å²) in [6.07, 6.45) is -4.61. The number of hydrogen-bond acceptors (Lipinski definition) is 2. The first-order chi connectivity index (χ1) is 11.9. The van der Waals surface area contributed by atoms with Gasteiger partial charge in [0.15, 0.2) is 0 Å². The molecule has 124 valence electrons. The van der Waals surface area contributed by atoms with Crippen molar-refractivity contribution in [2.45, 2.75) is 6.18 Å². The minimum Gasteiger partial charge on any atom is -0.306 e. The average molecular weight is 340 g/mol. The molecule has 4 aromatic rings. The number of halogens is 3. The molecule has 6 heteroatoms. The van der Waals surface area contributed by atoms with Crippen molar-refractivity contribution in [2.75, 3.05) is 0 Å². The molecule has 2 aromatic heterocycles. The summed E-state index contributed by atoms with van der Waals surface area (Å²) in [7, 11) is 0. The van der Waals surface area contributed by atoms with Gasteiger partial charge in [0.2, 0.25) is 0 Å². The van der Waals surface area contributed by atoms with E-state index in [1.165, 1.54) is 0 Å². The number of aromatic amines is 1. The van der Waals surface area contributed by atoms with Crippen LogP contribution in [0.4, 0.5) is 13.2 Å². The van der Waals surface area contributed by atoms with E-state index < -0.39 is 17.4 Å². The molecule has 4 rings (SSSR count). The van der Waals surface area contributed by atoms with Crippen LogP contribution in [0.25, 0.3) is 32.9 Å². The largest absolute Gasteiger partial charge is 0.433 e. The van der Waals surface area contributed by atoms with E-state index in [-0.39, 0.29) is 5.65 Å². The molecule has 0 atom stereocenters. The molecule has 0 saturated heterocycles.